The molecule has 1 aromatic rings. The van der Waals surface area contributed by atoms with E-state index in [9.17, 15) is 4.79 Å². The maximum Gasteiger partial charge on any atom is 0.358 e. The van der Waals surface area contributed by atoms with Gasteiger partial charge in [-0.05, 0) is 31.8 Å². The van der Waals surface area contributed by atoms with Gasteiger partial charge in [-0.3, -0.25) is 4.68 Å². The van der Waals surface area contributed by atoms with Gasteiger partial charge in [0.2, 0.25) is 0 Å². The van der Waals surface area contributed by atoms with Crippen molar-refractivity contribution in [2.45, 2.75) is 12.8 Å². The Kier molecular flexibility index (Phi) is 3.24. The number of esters is 1. The number of nitrogens with zero attached hydrogens (tertiary/aromatic N) is 2. The molecule has 0 bridgehead atoms. The van der Waals surface area contributed by atoms with E-state index >= 15 is 0 Å². The van der Waals surface area contributed by atoms with Crippen LogP contribution in [-0.2, 0) is 18.2 Å². The molecule has 0 radical (unpaired) electrons. The fraction of sp³-hybridized carbons (Fsp3) is 0.636. The first-order chi connectivity index (χ1) is 7.70. The number of carbonyl (C=O) groups excluding carboxylic acids is 1. The molecule has 1 aliphatic heterocycles. The first-order valence-corrected chi connectivity index (χ1v) is 5.52. The van der Waals surface area contributed by atoms with Crippen LogP contribution in [-0.4, -0.2) is 35.9 Å². The lowest BCUT2D eigenvalue weighted by molar-refractivity contribution is 0.0591. The number of carbonyl (C=O) groups is 1. The molecule has 1 aliphatic rings. The number of aromatic nitrogens is 2. The third-order valence-electron chi connectivity index (χ3n) is 2.95. The Labute approximate surface area is 94.8 Å². The predicted octanol–water partition coefficient (Wildman–Crippen LogP) is 0.359. The van der Waals surface area contributed by atoms with Crippen molar-refractivity contribution < 1.29 is 9.53 Å². The van der Waals surface area contributed by atoms with Crippen LogP contribution in [0.4, 0.5) is 0 Å². The second-order valence-corrected chi connectivity index (χ2v) is 4.23. The summed E-state index contributed by atoms with van der Waals surface area (Å²) in [6, 6.07) is 0. The Morgan fingerprint density at radius 3 is 3.19 bits per heavy atom. The van der Waals surface area contributed by atoms with Crippen molar-refractivity contribution >= 4 is 5.97 Å². The highest BCUT2D eigenvalue weighted by molar-refractivity contribution is 5.88. The molecule has 5 heteroatoms. The van der Waals surface area contributed by atoms with Crippen molar-refractivity contribution in [2.75, 3.05) is 20.2 Å². The number of hydrogen-bond donors (Lipinski definition) is 1. The summed E-state index contributed by atoms with van der Waals surface area (Å²) in [4.78, 5) is 11.5. The molecule has 0 aromatic carbocycles. The van der Waals surface area contributed by atoms with E-state index in [4.69, 9.17) is 4.74 Å². The maximum absolute atomic E-state index is 11.5. The van der Waals surface area contributed by atoms with Gasteiger partial charge in [-0.2, -0.15) is 5.10 Å². The van der Waals surface area contributed by atoms with Crippen LogP contribution in [0.3, 0.4) is 0 Å². The quantitative estimate of drug-likeness (QED) is 0.752. The van der Waals surface area contributed by atoms with Crippen molar-refractivity contribution in [1.82, 2.24) is 15.1 Å². The minimum Gasteiger partial charge on any atom is -0.464 e. The number of hydrogen-bond acceptors (Lipinski definition) is 4. The molecule has 1 atom stereocenters. The smallest absolute Gasteiger partial charge is 0.358 e. The first kappa shape index (κ1) is 11.1. The lowest BCUT2D eigenvalue weighted by Gasteiger charge is -2.06. The average Bonchev–Trinajstić information content (AvgIpc) is 2.88. The van der Waals surface area contributed by atoms with E-state index in [0.717, 1.165) is 31.5 Å². The zero-order valence-corrected chi connectivity index (χ0v) is 9.69. The van der Waals surface area contributed by atoms with Gasteiger partial charge in [0.25, 0.3) is 0 Å². The average molecular weight is 223 g/mol. The molecule has 5 nitrogen and oxygen atoms in total. The van der Waals surface area contributed by atoms with Crippen molar-refractivity contribution in [3.8, 4) is 0 Å². The van der Waals surface area contributed by atoms with Crippen LogP contribution >= 0.6 is 0 Å². The fourth-order valence-corrected chi connectivity index (χ4v) is 2.16. The Hall–Kier alpha value is -1.36. The van der Waals surface area contributed by atoms with E-state index in [1.807, 2.05) is 13.2 Å². The van der Waals surface area contributed by atoms with E-state index in [1.165, 1.54) is 7.11 Å². The van der Waals surface area contributed by atoms with Gasteiger partial charge in [0.1, 0.15) is 0 Å². The number of ether oxygens (including phenoxy) is 1. The van der Waals surface area contributed by atoms with Crippen LogP contribution in [0.5, 0.6) is 0 Å². The Balaban J connectivity index is 2.15. The van der Waals surface area contributed by atoms with Crippen LogP contribution in [0.15, 0.2) is 6.20 Å². The van der Waals surface area contributed by atoms with Crippen molar-refractivity contribution in [2.24, 2.45) is 13.0 Å². The molecular weight excluding hydrogens is 206 g/mol. The SMILES string of the molecule is COC(=O)c1nn(C)cc1CC1CCNC1. The highest BCUT2D eigenvalue weighted by Crippen LogP contribution is 2.18. The van der Waals surface area contributed by atoms with E-state index in [1.54, 1.807) is 4.68 Å². The molecule has 0 spiro atoms. The largest absolute Gasteiger partial charge is 0.464 e. The number of methoxy groups -OCH3 is 1. The minimum atomic E-state index is -0.346. The zero-order chi connectivity index (χ0) is 11.5. The Morgan fingerprint density at radius 1 is 1.75 bits per heavy atom. The fourth-order valence-electron chi connectivity index (χ4n) is 2.16. The second kappa shape index (κ2) is 4.65. The molecule has 1 unspecified atom stereocenters. The molecule has 2 heterocycles. The standard InChI is InChI=1S/C11H17N3O2/c1-14-7-9(5-8-3-4-12-6-8)10(13-14)11(15)16-2/h7-8,12H,3-6H2,1-2H3. The van der Waals surface area contributed by atoms with Crippen molar-refractivity contribution in [1.29, 1.82) is 0 Å². The summed E-state index contributed by atoms with van der Waals surface area (Å²) in [7, 11) is 3.21. The summed E-state index contributed by atoms with van der Waals surface area (Å²) in [5.41, 5.74) is 1.44. The summed E-state index contributed by atoms with van der Waals surface area (Å²) in [5, 5.41) is 7.46. The van der Waals surface area contributed by atoms with E-state index in [2.05, 4.69) is 10.4 Å². The summed E-state index contributed by atoms with van der Waals surface area (Å²) < 4.78 is 6.39. The molecular formula is C11H17N3O2. The maximum atomic E-state index is 11.5. The Morgan fingerprint density at radius 2 is 2.56 bits per heavy atom. The van der Waals surface area contributed by atoms with E-state index in [0.29, 0.717) is 11.6 Å². The van der Waals surface area contributed by atoms with E-state index < -0.39 is 0 Å². The predicted molar refractivity (Wildman–Crippen MR) is 59.2 cm³/mol. The number of nitrogens with one attached hydrogen (secondary N) is 1. The van der Waals surface area contributed by atoms with Gasteiger partial charge in [-0.1, -0.05) is 0 Å². The van der Waals surface area contributed by atoms with Gasteiger partial charge >= 0.3 is 5.97 Å². The van der Waals surface area contributed by atoms with Gasteiger partial charge in [0.05, 0.1) is 7.11 Å². The van der Waals surface area contributed by atoms with Crippen LogP contribution < -0.4 is 5.32 Å². The first-order valence-electron chi connectivity index (χ1n) is 5.52. The van der Waals surface area contributed by atoms with Crippen LogP contribution in [0.2, 0.25) is 0 Å². The van der Waals surface area contributed by atoms with Crippen LogP contribution in [0.1, 0.15) is 22.5 Å². The molecule has 88 valence electrons. The van der Waals surface area contributed by atoms with Crippen LogP contribution in [0, 0.1) is 5.92 Å². The molecule has 0 aliphatic carbocycles. The van der Waals surface area contributed by atoms with Gasteiger partial charge in [-0.15, -0.1) is 0 Å². The van der Waals surface area contributed by atoms with Gasteiger partial charge in [0.15, 0.2) is 5.69 Å². The topological polar surface area (TPSA) is 56.1 Å². The van der Waals surface area contributed by atoms with Gasteiger partial charge in [0, 0.05) is 18.8 Å². The third kappa shape index (κ3) is 2.24. The number of aryl methyl sites for hydroxylation is 1. The highest BCUT2D eigenvalue weighted by atomic mass is 16.5. The molecule has 0 saturated carbocycles. The Bertz CT molecular complexity index is 381. The lowest BCUT2D eigenvalue weighted by Crippen LogP contribution is -2.12. The summed E-state index contributed by atoms with van der Waals surface area (Å²) >= 11 is 0. The molecule has 1 N–H and O–H groups in total. The lowest BCUT2D eigenvalue weighted by atomic mass is 9.99. The molecule has 1 fully saturated rings. The normalized spacial score (nSPS) is 20.0. The third-order valence-corrected chi connectivity index (χ3v) is 2.95. The second-order valence-electron chi connectivity index (χ2n) is 4.23. The van der Waals surface area contributed by atoms with Gasteiger partial charge < -0.3 is 10.1 Å². The molecule has 2 rings (SSSR count). The molecule has 16 heavy (non-hydrogen) atoms. The number of rotatable bonds is 3. The molecule has 1 saturated heterocycles. The summed E-state index contributed by atoms with van der Waals surface area (Å²) in [6.45, 7) is 2.09. The molecule has 0 amide bonds. The monoisotopic (exact) mass is 223 g/mol. The summed E-state index contributed by atoms with van der Waals surface area (Å²) in [5.74, 6) is 0.258. The summed E-state index contributed by atoms with van der Waals surface area (Å²) in [6.07, 6.45) is 3.96. The highest BCUT2D eigenvalue weighted by Gasteiger charge is 2.21. The van der Waals surface area contributed by atoms with E-state index in [-0.39, 0.29) is 5.97 Å². The van der Waals surface area contributed by atoms with Crippen LogP contribution in [0.25, 0.3) is 0 Å². The molecule has 1 aromatic heterocycles. The minimum absolute atomic E-state index is 0.346. The van der Waals surface area contributed by atoms with Crippen molar-refractivity contribution in [3.63, 3.8) is 0 Å². The van der Waals surface area contributed by atoms with Crippen molar-refractivity contribution in [3.05, 3.63) is 17.5 Å². The zero-order valence-electron chi connectivity index (χ0n) is 9.69. The van der Waals surface area contributed by atoms with Gasteiger partial charge in [-0.25, -0.2) is 4.79 Å².